The summed E-state index contributed by atoms with van der Waals surface area (Å²) in [5.74, 6) is 0.748. The Hall–Kier alpha value is -2.23. The number of hydrogen-bond acceptors (Lipinski definition) is 3. The van der Waals surface area contributed by atoms with Crippen LogP contribution in [0.3, 0.4) is 0 Å². The highest BCUT2D eigenvalue weighted by Gasteiger charge is 2.21. The summed E-state index contributed by atoms with van der Waals surface area (Å²) in [4.78, 5) is 0.270. The molecule has 2 rings (SSSR count). The molecule has 0 aliphatic heterocycles. The van der Waals surface area contributed by atoms with Crippen LogP contribution in [0.2, 0.25) is 0 Å². The van der Waals surface area contributed by atoms with Gasteiger partial charge in [-0.3, -0.25) is 4.31 Å². The molecule has 0 saturated carbocycles. The van der Waals surface area contributed by atoms with E-state index in [1.54, 1.807) is 49.6 Å². The average Bonchev–Trinajstić information content (AvgIpc) is 3.01. The zero-order chi connectivity index (χ0) is 16.0. The van der Waals surface area contributed by atoms with Gasteiger partial charge in [0, 0.05) is 13.0 Å². The fraction of sp³-hybridized carbons (Fsp3) is 0.235. The second-order valence-corrected chi connectivity index (χ2v) is 6.73. The third-order valence-electron chi connectivity index (χ3n) is 3.17. The number of rotatable bonds is 6. The lowest BCUT2D eigenvalue weighted by Gasteiger charge is -2.19. The molecule has 0 aliphatic carbocycles. The number of nitrogens with zero attached hydrogens (tertiary/aromatic N) is 1. The predicted octanol–water partition coefficient (Wildman–Crippen LogP) is 3.51. The minimum absolute atomic E-state index is 0.270. The molecule has 22 heavy (non-hydrogen) atoms. The van der Waals surface area contributed by atoms with E-state index in [-0.39, 0.29) is 4.90 Å². The first kappa shape index (κ1) is 16.1. The van der Waals surface area contributed by atoms with E-state index < -0.39 is 10.0 Å². The molecular formula is C17H19NO3S. The molecule has 0 fully saturated rings. The molecule has 0 N–H and O–H groups in total. The number of furan rings is 1. The van der Waals surface area contributed by atoms with Crippen LogP contribution in [0.1, 0.15) is 18.2 Å². The lowest BCUT2D eigenvalue weighted by Crippen LogP contribution is -2.28. The summed E-state index contributed by atoms with van der Waals surface area (Å²) in [6.07, 6.45) is 5.21. The Morgan fingerprint density at radius 1 is 1.23 bits per heavy atom. The molecule has 1 aromatic heterocycles. The van der Waals surface area contributed by atoms with Gasteiger partial charge in [-0.25, -0.2) is 8.42 Å². The maximum atomic E-state index is 12.7. The van der Waals surface area contributed by atoms with E-state index in [1.165, 1.54) is 10.5 Å². The van der Waals surface area contributed by atoms with Crippen molar-refractivity contribution >= 4 is 10.0 Å². The van der Waals surface area contributed by atoms with Gasteiger partial charge in [0.2, 0.25) is 0 Å². The topological polar surface area (TPSA) is 50.5 Å². The summed E-state index contributed by atoms with van der Waals surface area (Å²) in [7, 11) is -3.59. The molecule has 0 aliphatic rings. The standard InChI is InChI=1S/C17H19NO3S/c1-3-4-12-18(13-11-16-6-5-14-21-16)22(19,20)17-9-7-15(2)8-10-17/h3,5-10,12,14H,11,13H2,1-2H3. The minimum atomic E-state index is -3.59. The largest absolute Gasteiger partial charge is 0.469 e. The van der Waals surface area contributed by atoms with Crippen LogP contribution in [-0.2, 0) is 16.4 Å². The first-order chi connectivity index (χ1) is 10.5. The van der Waals surface area contributed by atoms with E-state index in [9.17, 15) is 8.42 Å². The van der Waals surface area contributed by atoms with Crippen LogP contribution >= 0.6 is 0 Å². The van der Waals surface area contributed by atoms with Gasteiger partial charge in [0.05, 0.1) is 17.4 Å². The molecule has 5 heteroatoms. The van der Waals surface area contributed by atoms with Crippen molar-refractivity contribution in [2.75, 3.05) is 6.54 Å². The number of allylic oxidation sites excluding steroid dienone is 1. The Labute approximate surface area is 131 Å². The number of sulfonamides is 1. The second kappa shape index (κ2) is 7.16. The first-order valence-electron chi connectivity index (χ1n) is 7.02. The molecule has 0 saturated heterocycles. The van der Waals surface area contributed by atoms with Gasteiger partial charge in [-0.05, 0) is 44.2 Å². The van der Waals surface area contributed by atoms with Crippen LogP contribution in [0.4, 0.5) is 0 Å². The number of hydrogen-bond donors (Lipinski definition) is 0. The van der Waals surface area contributed by atoms with E-state index >= 15 is 0 Å². The van der Waals surface area contributed by atoms with Crippen LogP contribution in [0, 0.1) is 6.92 Å². The van der Waals surface area contributed by atoms with Gasteiger partial charge in [-0.2, -0.15) is 0 Å². The Kier molecular flexibility index (Phi) is 5.26. The molecule has 0 bridgehead atoms. The number of benzene rings is 1. The molecule has 0 amide bonds. The first-order valence-corrected chi connectivity index (χ1v) is 8.46. The van der Waals surface area contributed by atoms with Crippen LogP contribution in [0.5, 0.6) is 0 Å². The summed E-state index contributed by atoms with van der Waals surface area (Å²) in [6, 6.07) is 10.4. The summed E-state index contributed by atoms with van der Waals surface area (Å²) in [5, 5.41) is 0. The fourth-order valence-corrected chi connectivity index (χ4v) is 3.21. The van der Waals surface area contributed by atoms with Crippen molar-refractivity contribution in [3.8, 4) is 0 Å². The minimum Gasteiger partial charge on any atom is -0.469 e. The molecule has 4 nitrogen and oxygen atoms in total. The summed E-state index contributed by atoms with van der Waals surface area (Å²) >= 11 is 0. The maximum absolute atomic E-state index is 12.7. The maximum Gasteiger partial charge on any atom is 0.264 e. The van der Waals surface area contributed by atoms with Crippen molar-refractivity contribution in [1.29, 1.82) is 0 Å². The van der Waals surface area contributed by atoms with Gasteiger partial charge in [-0.15, -0.1) is 5.73 Å². The van der Waals surface area contributed by atoms with Gasteiger partial charge in [0.1, 0.15) is 5.76 Å². The summed E-state index contributed by atoms with van der Waals surface area (Å²) in [5.41, 5.74) is 3.85. The van der Waals surface area contributed by atoms with Crippen LogP contribution < -0.4 is 0 Å². The Morgan fingerprint density at radius 2 is 1.95 bits per heavy atom. The van der Waals surface area contributed by atoms with Gasteiger partial charge in [0.15, 0.2) is 0 Å². The van der Waals surface area contributed by atoms with Gasteiger partial charge >= 0.3 is 0 Å². The third-order valence-corrected chi connectivity index (χ3v) is 4.94. The van der Waals surface area contributed by atoms with Gasteiger partial charge in [-0.1, -0.05) is 17.7 Å². The summed E-state index contributed by atoms with van der Waals surface area (Å²) in [6.45, 7) is 4.01. The monoisotopic (exact) mass is 317 g/mol. The highest BCUT2D eigenvalue weighted by atomic mass is 32.2. The van der Waals surface area contributed by atoms with Crippen LogP contribution in [0.25, 0.3) is 0 Å². The SMILES string of the molecule is CC=C=CN(CCc1ccco1)S(=O)(=O)c1ccc(C)cc1. The molecule has 0 unspecified atom stereocenters. The highest BCUT2D eigenvalue weighted by Crippen LogP contribution is 2.17. The molecule has 116 valence electrons. The van der Waals surface area contributed by atoms with Crippen molar-refractivity contribution in [2.45, 2.75) is 25.2 Å². The van der Waals surface area contributed by atoms with Gasteiger partial charge < -0.3 is 4.42 Å². The lowest BCUT2D eigenvalue weighted by atomic mass is 10.2. The van der Waals surface area contributed by atoms with Crippen molar-refractivity contribution < 1.29 is 12.8 Å². The van der Waals surface area contributed by atoms with Gasteiger partial charge in [0.25, 0.3) is 10.0 Å². The third kappa shape index (κ3) is 3.91. The van der Waals surface area contributed by atoms with Crippen molar-refractivity contribution in [2.24, 2.45) is 0 Å². The van der Waals surface area contributed by atoms with E-state index in [4.69, 9.17) is 4.42 Å². The zero-order valence-electron chi connectivity index (χ0n) is 12.7. The van der Waals surface area contributed by atoms with Crippen LogP contribution in [-0.4, -0.2) is 19.3 Å². The molecule has 0 atom stereocenters. The lowest BCUT2D eigenvalue weighted by molar-refractivity contribution is 0.460. The molecular weight excluding hydrogens is 298 g/mol. The van der Waals surface area contributed by atoms with E-state index in [0.717, 1.165) is 11.3 Å². The normalized spacial score (nSPS) is 10.8. The predicted molar refractivity (Wildman–Crippen MR) is 85.8 cm³/mol. The molecule has 0 spiro atoms. The summed E-state index contributed by atoms with van der Waals surface area (Å²) < 4.78 is 32.0. The fourth-order valence-electron chi connectivity index (χ4n) is 1.93. The Morgan fingerprint density at radius 3 is 2.55 bits per heavy atom. The quantitative estimate of drug-likeness (QED) is 0.766. The molecule has 1 heterocycles. The van der Waals surface area contributed by atoms with E-state index in [1.807, 2.05) is 13.0 Å². The van der Waals surface area contributed by atoms with Crippen molar-refractivity contribution in [3.63, 3.8) is 0 Å². The molecule has 1 aromatic carbocycles. The Balaban J connectivity index is 2.26. The zero-order valence-corrected chi connectivity index (χ0v) is 13.5. The Bertz CT molecular complexity index is 753. The van der Waals surface area contributed by atoms with E-state index in [2.05, 4.69) is 5.73 Å². The van der Waals surface area contributed by atoms with E-state index in [0.29, 0.717) is 13.0 Å². The van der Waals surface area contributed by atoms with Crippen LogP contribution in [0.15, 0.2) is 70.0 Å². The second-order valence-electron chi connectivity index (χ2n) is 4.84. The molecule has 0 radical (unpaired) electrons. The number of aryl methyl sites for hydroxylation is 1. The smallest absolute Gasteiger partial charge is 0.264 e. The van der Waals surface area contributed by atoms with Crippen molar-refractivity contribution in [3.05, 3.63) is 72.0 Å². The molecule has 2 aromatic rings. The van der Waals surface area contributed by atoms with Crippen molar-refractivity contribution in [1.82, 2.24) is 4.31 Å². The highest BCUT2D eigenvalue weighted by molar-refractivity contribution is 7.89. The average molecular weight is 317 g/mol.